The lowest BCUT2D eigenvalue weighted by Crippen LogP contribution is -2.40. The van der Waals surface area contributed by atoms with Gasteiger partial charge < -0.3 is 19.8 Å². The normalized spacial score (nSPS) is 16.3. The highest BCUT2D eigenvalue weighted by Gasteiger charge is 2.21. The van der Waals surface area contributed by atoms with Gasteiger partial charge in [0.05, 0.1) is 6.54 Å². The third kappa shape index (κ3) is 2.73. The number of ether oxygens (including phenoxy) is 2. The van der Waals surface area contributed by atoms with E-state index in [9.17, 15) is 4.79 Å². The Hall–Kier alpha value is -2.95. The molecule has 0 aliphatic carbocycles. The van der Waals surface area contributed by atoms with E-state index in [-0.39, 0.29) is 12.0 Å². The summed E-state index contributed by atoms with van der Waals surface area (Å²) < 4.78 is 11.5. The van der Waals surface area contributed by atoms with Gasteiger partial charge in [0.15, 0.2) is 11.5 Å². The minimum Gasteiger partial charge on any atom is -0.486 e. The molecule has 1 unspecified atom stereocenters. The van der Waals surface area contributed by atoms with Crippen LogP contribution >= 0.6 is 0 Å². The van der Waals surface area contributed by atoms with Gasteiger partial charge in [-0.25, -0.2) is 0 Å². The molecule has 1 atom stereocenters. The zero-order valence-electron chi connectivity index (χ0n) is 12.4. The predicted octanol–water partition coefficient (Wildman–Crippen LogP) is 2.74. The molecule has 2 aromatic carbocycles. The molecule has 116 valence electrons. The van der Waals surface area contributed by atoms with E-state index < -0.39 is 0 Å². The lowest BCUT2D eigenvalue weighted by molar-refractivity contribution is 0.0787. The van der Waals surface area contributed by atoms with Crippen LogP contribution in [-0.4, -0.2) is 30.1 Å². The molecule has 0 saturated carbocycles. The second-order valence-corrected chi connectivity index (χ2v) is 5.48. The van der Waals surface area contributed by atoms with Gasteiger partial charge in [-0.05, 0) is 24.3 Å². The molecule has 0 spiro atoms. The fraction of sp³-hybridized carbons (Fsp3) is 0.167. The maximum absolute atomic E-state index is 12.3. The second kappa shape index (κ2) is 5.68. The third-order valence-corrected chi connectivity index (χ3v) is 3.83. The number of para-hydroxylation sites is 3. The number of rotatable bonds is 3. The van der Waals surface area contributed by atoms with E-state index in [0.717, 1.165) is 16.7 Å². The van der Waals surface area contributed by atoms with Crippen molar-refractivity contribution in [3.63, 3.8) is 0 Å². The van der Waals surface area contributed by atoms with E-state index in [2.05, 4.69) is 10.3 Å². The lowest BCUT2D eigenvalue weighted by Gasteiger charge is -2.26. The number of hydrogen-bond donors (Lipinski definition) is 2. The summed E-state index contributed by atoms with van der Waals surface area (Å²) in [5, 5.41) is 3.90. The summed E-state index contributed by atoms with van der Waals surface area (Å²) in [4.78, 5) is 15.4. The van der Waals surface area contributed by atoms with Crippen LogP contribution in [0.5, 0.6) is 11.5 Å². The van der Waals surface area contributed by atoms with Crippen LogP contribution in [0.2, 0.25) is 0 Å². The molecule has 3 aromatic rings. The van der Waals surface area contributed by atoms with Crippen molar-refractivity contribution in [3.8, 4) is 11.5 Å². The molecule has 2 heterocycles. The third-order valence-electron chi connectivity index (χ3n) is 3.83. The molecule has 23 heavy (non-hydrogen) atoms. The number of nitrogens with one attached hydrogen (secondary N) is 2. The van der Waals surface area contributed by atoms with Crippen molar-refractivity contribution in [2.75, 3.05) is 13.2 Å². The van der Waals surface area contributed by atoms with Crippen molar-refractivity contribution in [2.45, 2.75) is 6.10 Å². The Balaban J connectivity index is 1.40. The Morgan fingerprint density at radius 3 is 2.78 bits per heavy atom. The molecule has 1 amide bonds. The highest BCUT2D eigenvalue weighted by atomic mass is 16.6. The van der Waals surface area contributed by atoms with Crippen LogP contribution in [0, 0.1) is 0 Å². The fourth-order valence-corrected chi connectivity index (χ4v) is 2.66. The van der Waals surface area contributed by atoms with Gasteiger partial charge in [-0.1, -0.05) is 30.3 Å². The van der Waals surface area contributed by atoms with Crippen LogP contribution in [-0.2, 0) is 0 Å². The summed E-state index contributed by atoms with van der Waals surface area (Å²) >= 11 is 0. The monoisotopic (exact) mass is 308 g/mol. The van der Waals surface area contributed by atoms with E-state index >= 15 is 0 Å². The average Bonchev–Trinajstić information content (AvgIpc) is 3.04. The van der Waals surface area contributed by atoms with Crippen LogP contribution < -0.4 is 14.8 Å². The molecule has 0 bridgehead atoms. The van der Waals surface area contributed by atoms with Gasteiger partial charge in [0.2, 0.25) is 0 Å². The summed E-state index contributed by atoms with van der Waals surface area (Å²) in [6.07, 6.45) is -0.196. The number of benzene rings is 2. The van der Waals surface area contributed by atoms with Crippen molar-refractivity contribution < 1.29 is 14.3 Å². The van der Waals surface area contributed by atoms with Gasteiger partial charge in [0, 0.05) is 10.9 Å². The van der Waals surface area contributed by atoms with Crippen molar-refractivity contribution in [1.82, 2.24) is 10.3 Å². The molecular weight excluding hydrogens is 292 g/mol. The first-order valence-electron chi connectivity index (χ1n) is 7.54. The number of aromatic amines is 1. The molecule has 2 N–H and O–H groups in total. The van der Waals surface area contributed by atoms with Crippen LogP contribution in [0.25, 0.3) is 10.9 Å². The van der Waals surface area contributed by atoms with Crippen LogP contribution in [0.4, 0.5) is 0 Å². The predicted molar refractivity (Wildman–Crippen MR) is 87.0 cm³/mol. The maximum Gasteiger partial charge on any atom is 0.267 e. The minimum absolute atomic E-state index is 0.149. The summed E-state index contributed by atoms with van der Waals surface area (Å²) in [7, 11) is 0. The summed E-state index contributed by atoms with van der Waals surface area (Å²) in [5.41, 5.74) is 1.49. The largest absolute Gasteiger partial charge is 0.486 e. The SMILES string of the molecule is O=C(NCC1COc2ccccc2O1)c1cc2ccccc2[nH]1. The fourth-order valence-electron chi connectivity index (χ4n) is 2.66. The number of aromatic nitrogens is 1. The topological polar surface area (TPSA) is 63.4 Å². The average molecular weight is 308 g/mol. The molecule has 1 aliphatic rings. The lowest BCUT2D eigenvalue weighted by atomic mass is 10.2. The maximum atomic E-state index is 12.3. The van der Waals surface area contributed by atoms with Gasteiger partial charge in [-0.3, -0.25) is 4.79 Å². The Labute approximate surface area is 133 Å². The molecule has 4 rings (SSSR count). The molecule has 0 fully saturated rings. The second-order valence-electron chi connectivity index (χ2n) is 5.48. The summed E-state index contributed by atoms with van der Waals surface area (Å²) in [6, 6.07) is 17.2. The van der Waals surface area contributed by atoms with Gasteiger partial charge in [-0.2, -0.15) is 0 Å². The molecular formula is C18H16N2O3. The smallest absolute Gasteiger partial charge is 0.267 e. The Kier molecular flexibility index (Phi) is 3.38. The minimum atomic E-state index is -0.196. The molecule has 5 heteroatoms. The van der Waals surface area contributed by atoms with Crippen molar-refractivity contribution in [1.29, 1.82) is 0 Å². The van der Waals surface area contributed by atoms with E-state index in [1.54, 1.807) is 0 Å². The van der Waals surface area contributed by atoms with E-state index in [1.807, 2.05) is 54.6 Å². The van der Waals surface area contributed by atoms with Gasteiger partial charge in [0.1, 0.15) is 18.4 Å². The number of carbonyl (C=O) groups excluding carboxylic acids is 1. The first kappa shape index (κ1) is 13.7. The first-order valence-corrected chi connectivity index (χ1v) is 7.54. The number of amides is 1. The van der Waals surface area contributed by atoms with E-state index in [4.69, 9.17) is 9.47 Å². The van der Waals surface area contributed by atoms with Crippen molar-refractivity contribution >= 4 is 16.8 Å². The number of carbonyl (C=O) groups is 1. The zero-order valence-corrected chi connectivity index (χ0v) is 12.4. The Morgan fingerprint density at radius 2 is 1.91 bits per heavy atom. The number of H-pyrrole nitrogens is 1. The van der Waals surface area contributed by atoms with Gasteiger partial charge in [0.25, 0.3) is 5.91 Å². The highest BCUT2D eigenvalue weighted by Crippen LogP contribution is 2.30. The molecule has 0 saturated heterocycles. The van der Waals surface area contributed by atoms with Gasteiger partial charge >= 0.3 is 0 Å². The van der Waals surface area contributed by atoms with Crippen LogP contribution in [0.3, 0.4) is 0 Å². The van der Waals surface area contributed by atoms with Crippen LogP contribution in [0.15, 0.2) is 54.6 Å². The van der Waals surface area contributed by atoms with Crippen molar-refractivity contribution in [3.05, 3.63) is 60.3 Å². The molecule has 1 aromatic heterocycles. The summed E-state index contributed by atoms with van der Waals surface area (Å²) in [5.74, 6) is 1.30. The summed E-state index contributed by atoms with van der Waals surface area (Å²) in [6.45, 7) is 0.812. The van der Waals surface area contributed by atoms with Crippen molar-refractivity contribution in [2.24, 2.45) is 0 Å². The molecule has 5 nitrogen and oxygen atoms in total. The van der Waals surface area contributed by atoms with E-state index in [0.29, 0.717) is 24.6 Å². The molecule has 1 aliphatic heterocycles. The zero-order chi connectivity index (χ0) is 15.6. The van der Waals surface area contributed by atoms with Gasteiger partial charge in [-0.15, -0.1) is 0 Å². The number of hydrogen-bond acceptors (Lipinski definition) is 3. The Morgan fingerprint density at radius 1 is 1.13 bits per heavy atom. The first-order chi connectivity index (χ1) is 11.3. The number of fused-ring (bicyclic) bond motifs is 2. The Bertz CT molecular complexity index is 823. The highest BCUT2D eigenvalue weighted by molar-refractivity contribution is 5.97. The van der Waals surface area contributed by atoms with E-state index in [1.165, 1.54) is 0 Å². The quantitative estimate of drug-likeness (QED) is 0.782. The molecule has 0 radical (unpaired) electrons. The van der Waals surface area contributed by atoms with Crippen LogP contribution in [0.1, 0.15) is 10.5 Å². The standard InChI is InChI=1S/C18H16N2O3/c21-18(15-9-12-5-1-2-6-14(12)20-15)19-10-13-11-22-16-7-3-4-8-17(16)23-13/h1-9,13,20H,10-11H2,(H,19,21).